The molecule has 0 aliphatic carbocycles. The Bertz CT molecular complexity index is 593. The van der Waals surface area contributed by atoms with Gasteiger partial charge in [-0.2, -0.15) is 0 Å². The van der Waals surface area contributed by atoms with Gasteiger partial charge in [0, 0.05) is 19.2 Å². The van der Waals surface area contributed by atoms with Crippen LogP contribution >= 0.6 is 34.8 Å². The summed E-state index contributed by atoms with van der Waals surface area (Å²) in [5.74, 6) is -0.225. The molecule has 0 atom stereocenters. The number of halogens is 2. The summed E-state index contributed by atoms with van der Waals surface area (Å²) in [5.41, 5.74) is 1.64. The molecule has 0 amide bonds. The highest BCUT2D eigenvalue weighted by Crippen LogP contribution is 2.20. The van der Waals surface area contributed by atoms with Crippen LogP contribution in [0, 0.1) is 14.2 Å². The molecule has 0 aliphatic rings. The van der Waals surface area contributed by atoms with Crippen LogP contribution in [0.1, 0.15) is 6.92 Å². The maximum Gasteiger partial charge on any atom is 0.178 e. The number of benzene rings is 1. The Labute approximate surface area is 117 Å². The van der Waals surface area contributed by atoms with Crippen LogP contribution in [-0.2, 0) is 11.3 Å². The number of fused-ring (bicyclic) bond motifs is 1. The molecule has 1 aromatic heterocycles. The van der Waals surface area contributed by atoms with E-state index in [1.807, 2.05) is 34.1 Å². The standard InChI is InChI=1S/C11H12FIN2OS/c1-2-16-4-3-15-10-5-7(12)8(13)6-9(10)14-11(15)17/h5-6H,2-4H2,1H3,(H,14,17). The van der Waals surface area contributed by atoms with Crippen molar-refractivity contribution in [2.24, 2.45) is 0 Å². The van der Waals surface area contributed by atoms with E-state index in [0.29, 0.717) is 28.1 Å². The first-order valence-corrected chi connectivity index (χ1v) is 6.77. The topological polar surface area (TPSA) is 29.9 Å². The monoisotopic (exact) mass is 366 g/mol. The third-order valence-electron chi connectivity index (χ3n) is 2.48. The number of nitrogens with zero attached hydrogens (tertiary/aromatic N) is 1. The van der Waals surface area contributed by atoms with Gasteiger partial charge in [-0.05, 0) is 47.8 Å². The first-order chi connectivity index (χ1) is 8.13. The lowest BCUT2D eigenvalue weighted by molar-refractivity contribution is 0.139. The Morgan fingerprint density at radius 2 is 2.29 bits per heavy atom. The van der Waals surface area contributed by atoms with Gasteiger partial charge >= 0.3 is 0 Å². The van der Waals surface area contributed by atoms with Gasteiger partial charge in [-0.15, -0.1) is 0 Å². The fourth-order valence-electron chi connectivity index (χ4n) is 1.67. The molecule has 0 spiro atoms. The van der Waals surface area contributed by atoms with Gasteiger partial charge in [0.15, 0.2) is 4.77 Å². The minimum atomic E-state index is -0.225. The molecular weight excluding hydrogens is 354 g/mol. The van der Waals surface area contributed by atoms with E-state index in [0.717, 1.165) is 11.0 Å². The zero-order valence-electron chi connectivity index (χ0n) is 9.30. The number of aromatic nitrogens is 2. The number of H-pyrrole nitrogens is 1. The van der Waals surface area contributed by atoms with E-state index < -0.39 is 0 Å². The number of hydrogen-bond donors (Lipinski definition) is 1. The van der Waals surface area contributed by atoms with E-state index in [9.17, 15) is 4.39 Å². The average molecular weight is 366 g/mol. The van der Waals surface area contributed by atoms with Gasteiger partial charge < -0.3 is 14.3 Å². The maximum atomic E-state index is 13.5. The molecule has 1 heterocycles. The summed E-state index contributed by atoms with van der Waals surface area (Å²) in [5, 5.41) is 0. The van der Waals surface area contributed by atoms with Crippen molar-refractivity contribution in [3.05, 3.63) is 26.3 Å². The van der Waals surface area contributed by atoms with Crippen LogP contribution in [0.4, 0.5) is 4.39 Å². The smallest absolute Gasteiger partial charge is 0.178 e. The largest absolute Gasteiger partial charge is 0.380 e. The first-order valence-electron chi connectivity index (χ1n) is 5.28. The molecule has 0 radical (unpaired) electrons. The summed E-state index contributed by atoms with van der Waals surface area (Å²) in [6.45, 7) is 3.82. The molecule has 1 N–H and O–H groups in total. The molecule has 0 bridgehead atoms. The van der Waals surface area contributed by atoms with Gasteiger partial charge in [0.05, 0.1) is 21.2 Å². The van der Waals surface area contributed by atoms with Crippen molar-refractivity contribution in [1.82, 2.24) is 9.55 Å². The van der Waals surface area contributed by atoms with Crippen LogP contribution in [0.3, 0.4) is 0 Å². The van der Waals surface area contributed by atoms with E-state index in [2.05, 4.69) is 4.98 Å². The zero-order valence-corrected chi connectivity index (χ0v) is 12.3. The molecule has 1 aromatic carbocycles. The summed E-state index contributed by atoms with van der Waals surface area (Å²) >= 11 is 7.18. The number of imidazole rings is 1. The molecular formula is C11H12FIN2OS. The third kappa shape index (κ3) is 2.69. The number of aromatic amines is 1. The average Bonchev–Trinajstić information content (AvgIpc) is 2.57. The second-order valence-electron chi connectivity index (χ2n) is 3.56. The number of hydrogen-bond acceptors (Lipinski definition) is 2. The van der Waals surface area contributed by atoms with Crippen LogP contribution in [0.5, 0.6) is 0 Å². The minimum Gasteiger partial charge on any atom is -0.380 e. The molecule has 6 heteroatoms. The number of rotatable bonds is 4. The number of ether oxygens (including phenoxy) is 1. The van der Waals surface area contributed by atoms with Crippen LogP contribution in [-0.4, -0.2) is 22.8 Å². The van der Waals surface area contributed by atoms with Crippen molar-refractivity contribution in [1.29, 1.82) is 0 Å². The normalized spacial score (nSPS) is 11.2. The molecule has 2 rings (SSSR count). The zero-order chi connectivity index (χ0) is 12.4. The van der Waals surface area contributed by atoms with Gasteiger partial charge in [-0.3, -0.25) is 0 Å². The Morgan fingerprint density at radius 3 is 3.00 bits per heavy atom. The van der Waals surface area contributed by atoms with Gasteiger partial charge in [-0.1, -0.05) is 0 Å². The van der Waals surface area contributed by atoms with E-state index in [1.54, 1.807) is 6.07 Å². The van der Waals surface area contributed by atoms with Gasteiger partial charge in [0.25, 0.3) is 0 Å². The second-order valence-corrected chi connectivity index (χ2v) is 5.11. The molecule has 92 valence electrons. The fraction of sp³-hybridized carbons (Fsp3) is 0.364. The van der Waals surface area contributed by atoms with E-state index in [4.69, 9.17) is 17.0 Å². The van der Waals surface area contributed by atoms with Crippen molar-refractivity contribution < 1.29 is 9.13 Å². The molecule has 0 aliphatic heterocycles. The first kappa shape index (κ1) is 13.0. The Hall–Kier alpha value is -0.470. The van der Waals surface area contributed by atoms with Crippen molar-refractivity contribution in [2.75, 3.05) is 13.2 Å². The Kier molecular flexibility index (Phi) is 4.16. The molecule has 0 unspecified atom stereocenters. The quantitative estimate of drug-likeness (QED) is 0.510. The van der Waals surface area contributed by atoms with E-state index >= 15 is 0 Å². The van der Waals surface area contributed by atoms with Crippen molar-refractivity contribution in [3.8, 4) is 0 Å². The highest BCUT2D eigenvalue weighted by atomic mass is 127. The lowest BCUT2D eigenvalue weighted by Crippen LogP contribution is -2.05. The van der Waals surface area contributed by atoms with Gasteiger partial charge in [0.1, 0.15) is 5.82 Å². The van der Waals surface area contributed by atoms with E-state index in [-0.39, 0.29) is 5.82 Å². The minimum absolute atomic E-state index is 0.225. The summed E-state index contributed by atoms with van der Waals surface area (Å²) < 4.78 is 21.9. The highest BCUT2D eigenvalue weighted by Gasteiger charge is 2.08. The van der Waals surface area contributed by atoms with Crippen LogP contribution in [0.25, 0.3) is 11.0 Å². The number of nitrogens with one attached hydrogen (secondary N) is 1. The molecule has 0 saturated heterocycles. The van der Waals surface area contributed by atoms with Crippen LogP contribution < -0.4 is 0 Å². The van der Waals surface area contributed by atoms with Gasteiger partial charge in [-0.25, -0.2) is 4.39 Å². The van der Waals surface area contributed by atoms with Crippen LogP contribution in [0.2, 0.25) is 0 Å². The molecule has 17 heavy (non-hydrogen) atoms. The molecule has 2 aromatic rings. The second kappa shape index (κ2) is 5.45. The van der Waals surface area contributed by atoms with Crippen LogP contribution in [0.15, 0.2) is 12.1 Å². The van der Waals surface area contributed by atoms with Crippen molar-refractivity contribution in [2.45, 2.75) is 13.5 Å². The Morgan fingerprint density at radius 1 is 1.53 bits per heavy atom. The van der Waals surface area contributed by atoms with Gasteiger partial charge in [0.2, 0.25) is 0 Å². The SMILES string of the molecule is CCOCCn1c(=S)[nH]c2cc(I)c(F)cc21. The van der Waals surface area contributed by atoms with E-state index in [1.165, 1.54) is 6.07 Å². The summed E-state index contributed by atoms with van der Waals surface area (Å²) in [6, 6.07) is 3.27. The Balaban J connectivity index is 2.44. The maximum absolute atomic E-state index is 13.5. The predicted molar refractivity (Wildman–Crippen MR) is 76.3 cm³/mol. The summed E-state index contributed by atoms with van der Waals surface area (Å²) in [7, 11) is 0. The lowest BCUT2D eigenvalue weighted by atomic mass is 10.3. The third-order valence-corrected chi connectivity index (χ3v) is 3.63. The predicted octanol–water partition coefficient (Wildman–Crippen LogP) is 3.48. The highest BCUT2D eigenvalue weighted by molar-refractivity contribution is 14.1. The van der Waals surface area contributed by atoms with Crippen molar-refractivity contribution in [3.63, 3.8) is 0 Å². The molecule has 0 fully saturated rings. The summed E-state index contributed by atoms with van der Waals surface area (Å²) in [6.07, 6.45) is 0. The molecule has 0 saturated carbocycles. The fourth-order valence-corrected chi connectivity index (χ4v) is 2.44. The lowest BCUT2D eigenvalue weighted by Gasteiger charge is -2.04. The molecule has 3 nitrogen and oxygen atoms in total. The van der Waals surface area contributed by atoms with Crippen molar-refractivity contribution >= 4 is 45.8 Å². The summed E-state index contributed by atoms with van der Waals surface area (Å²) in [4.78, 5) is 3.07.